The second-order valence-electron chi connectivity index (χ2n) is 7.38. The van der Waals surface area contributed by atoms with E-state index < -0.39 is 54.4 Å². The van der Waals surface area contributed by atoms with E-state index in [9.17, 15) is 30.0 Å². The number of rotatable bonds is 9. The van der Waals surface area contributed by atoms with E-state index in [1.165, 1.54) is 12.1 Å². The van der Waals surface area contributed by atoms with Crippen molar-refractivity contribution in [2.45, 2.75) is 37.1 Å². The average Bonchev–Trinajstić information content (AvgIpc) is 2.74. The van der Waals surface area contributed by atoms with Crippen LogP contribution in [-0.2, 0) is 19.9 Å². The molecule has 9 nitrogen and oxygen atoms in total. The fourth-order valence-corrected chi connectivity index (χ4v) is 4.62. The highest BCUT2D eigenvalue weighted by atomic mass is 32.2. The van der Waals surface area contributed by atoms with Crippen molar-refractivity contribution in [3.63, 3.8) is 0 Å². The van der Waals surface area contributed by atoms with E-state index in [0.717, 1.165) is 24.6 Å². The van der Waals surface area contributed by atoms with E-state index in [0.29, 0.717) is 12.8 Å². The van der Waals surface area contributed by atoms with Crippen molar-refractivity contribution in [3.05, 3.63) is 48.2 Å². The van der Waals surface area contributed by atoms with Crippen LogP contribution in [0.5, 0.6) is 5.88 Å². The lowest BCUT2D eigenvalue weighted by Crippen LogP contribution is -2.27. The van der Waals surface area contributed by atoms with E-state index in [1.807, 2.05) is 0 Å². The summed E-state index contributed by atoms with van der Waals surface area (Å²) >= 11 is 0. The van der Waals surface area contributed by atoms with Gasteiger partial charge in [-0.3, -0.25) is 4.72 Å². The maximum Gasteiger partial charge on any atom is 0.429 e. The molecule has 0 spiro atoms. The first-order valence-corrected chi connectivity index (χ1v) is 13.5. The number of sulfonamides is 1. The van der Waals surface area contributed by atoms with Crippen molar-refractivity contribution in [1.29, 1.82) is 0 Å². The molecule has 0 fully saturated rings. The Morgan fingerprint density at radius 2 is 1.68 bits per heavy atom. The third-order valence-electron chi connectivity index (χ3n) is 4.53. The van der Waals surface area contributed by atoms with E-state index in [-0.39, 0.29) is 16.8 Å². The lowest BCUT2D eigenvalue weighted by molar-refractivity contribution is -0.198. The van der Waals surface area contributed by atoms with Crippen LogP contribution in [0.2, 0.25) is 0 Å². The van der Waals surface area contributed by atoms with Crippen LogP contribution in [0.25, 0.3) is 11.0 Å². The average molecular weight is 519 g/mol. The molecule has 0 amide bonds. The first kappa shape index (κ1) is 25.6. The first-order chi connectivity index (χ1) is 15.8. The van der Waals surface area contributed by atoms with Gasteiger partial charge in [-0.1, -0.05) is 31.5 Å². The topological polar surface area (TPSA) is 128 Å². The number of hydrogen-bond donors (Lipinski definition) is 1. The molecule has 0 bridgehead atoms. The molecule has 0 aliphatic heterocycles. The smallest absolute Gasteiger partial charge is 0.429 e. The molecule has 2 heterocycles. The molecule has 3 rings (SSSR count). The zero-order valence-corrected chi connectivity index (χ0v) is 19.7. The van der Waals surface area contributed by atoms with E-state index >= 15 is 0 Å². The number of nitrogens with one attached hydrogen (secondary N) is 1. The molecule has 1 unspecified atom stereocenters. The number of para-hydroxylation sites is 2. The lowest BCUT2D eigenvalue weighted by atomic mass is 10.1. The summed E-state index contributed by atoms with van der Waals surface area (Å²) in [4.78, 5) is 11.7. The fourth-order valence-electron chi connectivity index (χ4n) is 2.87. The Hall–Kier alpha value is -3.00. The Kier molecular flexibility index (Phi) is 7.31. The molecular weight excluding hydrogens is 497 g/mol. The predicted octanol–water partition coefficient (Wildman–Crippen LogP) is 3.65. The van der Waals surface area contributed by atoms with Crippen molar-refractivity contribution >= 4 is 36.7 Å². The molecule has 0 aliphatic rings. The van der Waals surface area contributed by atoms with Gasteiger partial charge in [-0.15, -0.1) is 0 Å². The lowest BCUT2D eigenvalue weighted by Gasteiger charge is -2.22. The standard InChI is InChI=1S/C20H21F3N4O5S2/c1-3-4-11-34(30,31)27-18-19(26-15-8-6-5-7-14(15)25-18)32-17(20(21,22)23)13-9-10-16(24-12-13)33(2,28)29/h5-10,12,17H,3-4,11H2,1-2H3,(H,25,27). The van der Waals surface area contributed by atoms with Crippen LogP contribution in [0.15, 0.2) is 47.6 Å². The third-order valence-corrected chi connectivity index (χ3v) is 6.86. The van der Waals surface area contributed by atoms with Crippen LogP contribution in [-0.4, -0.2) is 50.0 Å². The van der Waals surface area contributed by atoms with E-state index in [2.05, 4.69) is 19.7 Å². The monoisotopic (exact) mass is 518 g/mol. The number of benzene rings is 1. The van der Waals surface area contributed by atoms with Crippen LogP contribution >= 0.6 is 0 Å². The molecule has 0 saturated carbocycles. The molecule has 184 valence electrons. The summed E-state index contributed by atoms with van der Waals surface area (Å²) in [6, 6.07) is 8.04. The van der Waals surface area contributed by atoms with Gasteiger partial charge in [0.2, 0.25) is 21.9 Å². The van der Waals surface area contributed by atoms with Crippen LogP contribution in [0, 0.1) is 0 Å². The number of ether oxygens (including phenoxy) is 1. The zero-order chi connectivity index (χ0) is 25.1. The zero-order valence-electron chi connectivity index (χ0n) is 18.1. The van der Waals surface area contributed by atoms with Crippen LogP contribution in [0.4, 0.5) is 19.0 Å². The van der Waals surface area contributed by atoms with Crippen LogP contribution in [0.3, 0.4) is 0 Å². The minimum atomic E-state index is -4.97. The number of aromatic nitrogens is 3. The van der Waals surface area contributed by atoms with Crippen molar-refractivity contribution in [2.75, 3.05) is 16.7 Å². The van der Waals surface area contributed by atoms with Crippen molar-refractivity contribution in [3.8, 4) is 5.88 Å². The quantitative estimate of drug-likeness (QED) is 0.455. The number of sulfone groups is 1. The number of halogens is 3. The predicted molar refractivity (Wildman–Crippen MR) is 119 cm³/mol. The number of nitrogens with zero attached hydrogens (tertiary/aromatic N) is 3. The highest BCUT2D eigenvalue weighted by molar-refractivity contribution is 7.92. The van der Waals surface area contributed by atoms with Gasteiger partial charge >= 0.3 is 6.18 Å². The van der Waals surface area contributed by atoms with Crippen LogP contribution in [0.1, 0.15) is 31.4 Å². The van der Waals surface area contributed by atoms with Gasteiger partial charge in [-0.05, 0) is 24.6 Å². The van der Waals surface area contributed by atoms with Gasteiger partial charge in [-0.2, -0.15) is 13.2 Å². The largest absolute Gasteiger partial charge is 0.457 e. The second kappa shape index (κ2) is 9.70. The molecule has 0 saturated heterocycles. The summed E-state index contributed by atoms with van der Waals surface area (Å²) in [6.45, 7) is 1.79. The second-order valence-corrected chi connectivity index (χ2v) is 11.2. The highest BCUT2D eigenvalue weighted by Crippen LogP contribution is 2.38. The summed E-state index contributed by atoms with van der Waals surface area (Å²) in [6.07, 6.45) is -5.08. The number of alkyl halides is 3. The highest BCUT2D eigenvalue weighted by Gasteiger charge is 2.44. The number of unbranched alkanes of at least 4 members (excludes halogenated alkanes) is 1. The van der Waals surface area contributed by atoms with Crippen LogP contribution < -0.4 is 9.46 Å². The van der Waals surface area contributed by atoms with Gasteiger partial charge in [0, 0.05) is 18.0 Å². The van der Waals surface area contributed by atoms with E-state index in [1.54, 1.807) is 19.1 Å². The van der Waals surface area contributed by atoms with Gasteiger partial charge in [-0.25, -0.2) is 31.8 Å². The van der Waals surface area contributed by atoms with Crippen molar-refractivity contribution in [1.82, 2.24) is 15.0 Å². The third kappa shape index (κ3) is 6.32. The Morgan fingerprint density at radius 1 is 1.03 bits per heavy atom. The van der Waals surface area contributed by atoms with Gasteiger partial charge in [0.25, 0.3) is 5.88 Å². The molecule has 3 aromatic rings. The number of hydrogen-bond acceptors (Lipinski definition) is 8. The van der Waals surface area contributed by atoms with E-state index in [4.69, 9.17) is 4.74 Å². The summed E-state index contributed by atoms with van der Waals surface area (Å²) < 4.78 is 97.1. The normalized spacial score (nSPS) is 13.6. The summed E-state index contributed by atoms with van der Waals surface area (Å²) in [5.74, 6) is -1.45. The molecule has 1 aromatic carbocycles. The molecule has 0 radical (unpaired) electrons. The summed E-state index contributed by atoms with van der Waals surface area (Å²) in [5, 5.41) is -0.410. The molecule has 1 atom stereocenters. The maximum absolute atomic E-state index is 13.9. The van der Waals surface area contributed by atoms with Gasteiger partial charge in [0.15, 0.2) is 14.9 Å². The van der Waals surface area contributed by atoms with Crippen molar-refractivity contribution < 1.29 is 34.7 Å². The Morgan fingerprint density at radius 3 is 2.21 bits per heavy atom. The Bertz CT molecular complexity index is 1380. The van der Waals surface area contributed by atoms with Gasteiger partial charge < -0.3 is 4.74 Å². The Labute approximate surface area is 194 Å². The fraction of sp³-hybridized carbons (Fsp3) is 0.350. The molecular formula is C20H21F3N4O5S2. The number of fused-ring (bicyclic) bond motifs is 1. The number of pyridine rings is 1. The molecule has 34 heavy (non-hydrogen) atoms. The van der Waals surface area contributed by atoms with Gasteiger partial charge in [0.05, 0.1) is 16.8 Å². The first-order valence-electron chi connectivity index (χ1n) is 9.97. The van der Waals surface area contributed by atoms with Crippen molar-refractivity contribution in [2.24, 2.45) is 0 Å². The molecule has 1 N–H and O–H groups in total. The molecule has 0 aliphatic carbocycles. The van der Waals surface area contributed by atoms with Gasteiger partial charge in [0.1, 0.15) is 0 Å². The summed E-state index contributed by atoms with van der Waals surface area (Å²) in [7, 11) is -7.67. The SMILES string of the molecule is CCCCS(=O)(=O)Nc1nc2ccccc2nc1OC(c1ccc(S(C)(=O)=O)nc1)C(F)(F)F. The summed E-state index contributed by atoms with van der Waals surface area (Å²) in [5.41, 5.74) is -0.0825. The number of anilines is 1. The minimum absolute atomic E-state index is 0.181. The molecule has 2 aromatic heterocycles. The molecule has 14 heteroatoms. The Balaban J connectivity index is 2.07. The maximum atomic E-state index is 13.9. The minimum Gasteiger partial charge on any atom is -0.457 e.